The number of thioether (sulfide) groups is 1. The van der Waals surface area contributed by atoms with Crippen molar-refractivity contribution in [3.8, 4) is 0 Å². The van der Waals surface area contributed by atoms with Gasteiger partial charge in [-0.05, 0) is 75.9 Å². The molecule has 128 valence electrons. The predicted octanol–water partition coefficient (Wildman–Crippen LogP) is 5.28. The summed E-state index contributed by atoms with van der Waals surface area (Å²) < 4.78 is 0. The van der Waals surface area contributed by atoms with E-state index in [2.05, 4.69) is 76.3 Å². The maximum absolute atomic E-state index is 12.5. The van der Waals surface area contributed by atoms with Crippen LogP contribution in [0.25, 0.3) is 0 Å². The maximum Gasteiger partial charge on any atom is 0.233 e. The van der Waals surface area contributed by atoms with Crippen LogP contribution in [0, 0.1) is 27.7 Å². The van der Waals surface area contributed by atoms with Crippen LogP contribution in [0.15, 0.2) is 41.3 Å². The number of benzene rings is 2. The van der Waals surface area contributed by atoms with Crippen LogP contribution in [-0.2, 0) is 4.79 Å². The molecule has 2 aromatic rings. The predicted molar refractivity (Wildman–Crippen MR) is 104 cm³/mol. The number of nitrogens with one attached hydrogen (secondary N) is 1. The van der Waals surface area contributed by atoms with Gasteiger partial charge in [0.2, 0.25) is 5.91 Å². The number of hydrogen-bond donors (Lipinski definition) is 1. The fourth-order valence-electron chi connectivity index (χ4n) is 2.73. The van der Waals surface area contributed by atoms with Crippen LogP contribution >= 0.6 is 11.8 Å². The smallest absolute Gasteiger partial charge is 0.233 e. The zero-order valence-corrected chi connectivity index (χ0v) is 16.3. The Balaban J connectivity index is 2.03. The first-order valence-electron chi connectivity index (χ1n) is 8.39. The highest BCUT2D eigenvalue weighted by molar-refractivity contribution is 8.00. The van der Waals surface area contributed by atoms with E-state index in [1.54, 1.807) is 11.8 Å². The minimum atomic E-state index is -0.123. The van der Waals surface area contributed by atoms with Crippen molar-refractivity contribution in [2.45, 2.75) is 57.7 Å². The van der Waals surface area contributed by atoms with Crippen molar-refractivity contribution >= 4 is 17.7 Å². The van der Waals surface area contributed by atoms with Gasteiger partial charge in [0, 0.05) is 4.90 Å². The minimum absolute atomic E-state index is 0.0119. The van der Waals surface area contributed by atoms with Gasteiger partial charge in [-0.1, -0.05) is 29.8 Å². The van der Waals surface area contributed by atoms with Crippen molar-refractivity contribution < 1.29 is 4.79 Å². The monoisotopic (exact) mass is 341 g/mol. The number of carbonyl (C=O) groups excluding carboxylic acids is 1. The highest BCUT2D eigenvalue weighted by Gasteiger charge is 2.18. The molecule has 0 aliphatic rings. The molecule has 0 aliphatic heterocycles. The van der Waals surface area contributed by atoms with Crippen molar-refractivity contribution in [3.05, 3.63) is 64.2 Å². The molecular weight excluding hydrogens is 314 g/mol. The van der Waals surface area contributed by atoms with E-state index < -0.39 is 0 Å². The molecule has 24 heavy (non-hydrogen) atoms. The fraction of sp³-hybridized carbons (Fsp3) is 0.381. The van der Waals surface area contributed by atoms with Gasteiger partial charge >= 0.3 is 0 Å². The van der Waals surface area contributed by atoms with Gasteiger partial charge in [-0.3, -0.25) is 4.79 Å². The largest absolute Gasteiger partial charge is 0.349 e. The van der Waals surface area contributed by atoms with Crippen molar-refractivity contribution in [1.82, 2.24) is 5.32 Å². The van der Waals surface area contributed by atoms with Gasteiger partial charge in [0.15, 0.2) is 0 Å². The van der Waals surface area contributed by atoms with E-state index in [1.807, 2.05) is 6.92 Å². The third kappa shape index (κ3) is 4.64. The highest BCUT2D eigenvalue weighted by Crippen LogP contribution is 2.25. The van der Waals surface area contributed by atoms with Crippen molar-refractivity contribution in [3.63, 3.8) is 0 Å². The lowest BCUT2D eigenvalue weighted by atomic mass is 9.96. The Kier molecular flexibility index (Phi) is 6.11. The molecule has 2 rings (SSSR count). The Labute approximate surface area is 150 Å². The molecule has 0 radical (unpaired) electrons. The molecule has 1 amide bonds. The van der Waals surface area contributed by atoms with E-state index in [0.29, 0.717) is 0 Å². The lowest BCUT2D eigenvalue weighted by molar-refractivity contribution is -0.120. The summed E-state index contributed by atoms with van der Waals surface area (Å²) in [6.45, 7) is 12.4. The van der Waals surface area contributed by atoms with E-state index in [1.165, 1.54) is 27.8 Å². The molecule has 0 saturated carbocycles. The molecule has 0 unspecified atom stereocenters. The molecule has 2 atom stereocenters. The van der Waals surface area contributed by atoms with E-state index >= 15 is 0 Å². The van der Waals surface area contributed by atoms with Crippen LogP contribution in [0.2, 0.25) is 0 Å². The van der Waals surface area contributed by atoms with Gasteiger partial charge < -0.3 is 5.32 Å². The van der Waals surface area contributed by atoms with Crippen molar-refractivity contribution in [2.75, 3.05) is 0 Å². The topological polar surface area (TPSA) is 29.1 Å². The Morgan fingerprint density at radius 3 is 2.12 bits per heavy atom. The second-order valence-corrected chi connectivity index (χ2v) is 8.01. The fourth-order valence-corrected chi connectivity index (χ4v) is 3.61. The van der Waals surface area contributed by atoms with Crippen LogP contribution in [0.4, 0.5) is 0 Å². The average molecular weight is 342 g/mol. The molecule has 1 N–H and O–H groups in total. The summed E-state index contributed by atoms with van der Waals surface area (Å²) in [5, 5.41) is 3.03. The van der Waals surface area contributed by atoms with Crippen LogP contribution in [0.5, 0.6) is 0 Å². The summed E-state index contributed by atoms with van der Waals surface area (Å²) in [6.07, 6.45) is 0. The zero-order chi connectivity index (χ0) is 17.9. The van der Waals surface area contributed by atoms with Crippen LogP contribution < -0.4 is 5.32 Å². The third-order valence-electron chi connectivity index (χ3n) is 4.41. The van der Waals surface area contributed by atoms with Gasteiger partial charge in [-0.25, -0.2) is 0 Å². The molecule has 0 aliphatic carbocycles. The summed E-state index contributed by atoms with van der Waals surface area (Å²) >= 11 is 1.60. The lowest BCUT2D eigenvalue weighted by Crippen LogP contribution is -2.33. The third-order valence-corrected chi connectivity index (χ3v) is 5.52. The van der Waals surface area contributed by atoms with Crippen molar-refractivity contribution in [1.29, 1.82) is 0 Å². The number of amides is 1. The van der Waals surface area contributed by atoms with Gasteiger partial charge in [0.05, 0.1) is 11.3 Å². The van der Waals surface area contributed by atoms with E-state index in [-0.39, 0.29) is 17.2 Å². The van der Waals surface area contributed by atoms with Gasteiger partial charge in [0.25, 0.3) is 0 Å². The second-order valence-electron chi connectivity index (χ2n) is 6.60. The highest BCUT2D eigenvalue weighted by atomic mass is 32.2. The second kappa shape index (κ2) is 7.89. The maximum atomic E-state index is 12.5. The van der Waals surface area contributed by atoms with Gasteiger partial charge in [0.1, 0.15) is 0 Å². The molecule has 2 aromatic carbocycles. The minimum Gasteiger partial charge on any atom is -0.349 e. The molecule has 3 heteroatoms. The Bertz CT molecular complexity index is 721. The summed E-state index contributed by atoms with van der Waals surface area (Å²) in [5.74, 6) is 0.0747. The lowest BCUT2D eigenvalue weighted by Gasteiger charge is -2.20. The van der Waals surface area contributed by atoms with E-state index in [9.17, 15) is 4.79 Å². The van der Waals surface area contributed by atoms with Gasteiger partial charge in [-0.2, -0.15) is 0 Å². The molecule has 0 saturated heterocycles. The molecule has 0 spiro atoms. The first kappa shape index (κ1) is 18.6. The Morgan fingerprint density at radius 1 is 0.917 bits per heavy atom. The average Bonchev–Trinajstić information content (AvgIpc) is 2.52. The van der Waals surface area contributed by atoms with Crippen LogP contribution in [-0.4, -0.2) is 11.2 Å². The quantitative estimate of drug-likeness (QED) is 0.750. The standard InChI is InChI=1S/C21H27NOS/c1-13-7-9-19(10-8-13)24-18(6)21(23)22-17(5)20-12-15(3)14(2)11-16(20)4/h7-12,17-18H,1-6H3,(H,22,23)/t17-,18+/m0/s1. The summed E-state index contributed by atoms with van der Waals surface area (Å²) in [7, 11) is 0. The summed E-state index contributed by atoms with van der Waals surface area (Å²) in [5.41, 5.74) is 6.20. The molecule has 0 heterocycles. The van der Waals surface area contributed by atoms with E-state index in [4.69, 9.17) is 0 Å². The van der Waals surface area contributed by atoms with Gasteiger partial charge in [-0.15, -0.1) is 11.8 Å². The summed E-state index contributed by atoms with van der Waals surface area (Å²) in [4.78, 5) is 13.7. The Hall–Kier alpha value is -1.74. The van der Waals surface area contributed by atoms with Crippen molar-refractivity contribution in [2.24, 2.45) is 0 Å². The van der Waals surface area contributed by atoms with E-state index in [0.717, 1.165) is 4.90 Å². The summed E-state index contributed by atoms with van der Waals surface area (Å²) in [6, 6.07) is 12.7. The zero-order valence-electron chi connectivity index (χ0n) is 15.4. The molecule has 2 nitrogen and oxygen atoms in total. The molecule has 0 aromatic heterocycles. The SMILES string of the molecule is Cc1ccc(S[C@H](C)C(=O)N[C@@H](C)c2cc(C)c(C)cc2C)cc1. The molecule has 0 fully saturated rings. The first-order valence-corrected chi connectivity index (χ1v) is 9.27. The molecular formula is C21H27NOS. The Morgan fingerprint density at radius 2 is 1.50 bits per heavy atom. The number of aryl methyl sites for hydroxylation is 4. The number of carbonyl (C=O) groups is 1. The van der Waals surface area contributed by atoms with Crippen LogP contribution in [0.1, 0.15) is 47.7 Å². The normalized spacial score (nSPS) is 13.4. The number of hydrogen-bond acceptors (Lipinski definition) is 2. The first-order chi connectivity index (χ1) is 11.3. The van der Waals surface area contributed by atoms with Crippen LogP contribution in [0.3, 0.4) is 0 Å². The molecule has 0 bridgehead atoms. The number of rotatable bonds is 5.